The lowest BCUT2D eigenvalue weighted by atomic mass is 10.0. The van der Waals surface area contributed by atoms with Crippen molar-refractivity contribution in [2.24, 2.45) is 0 Å². The predicted octanol–water partition coefficient (Wildman–Crippen LogP) is 6.11. The van der Waals surface area contributed by atoms with Crippen molar-refractivity contribution < 1.29 is 32.0 Å². The van der Waals surface area contributed by atoms with Crippen LogP contribution in [0.5, 0.6) is 5.75 Å². The Morgan fingerprint density at radius 3 is 2.57 bits per heavy atom. The van der Waals surface area contributed by atoms with Crippen molar-refractivity contribution in [2.75, 3.05) is 12.4 Å². The number of aliphatic carboxylic acids is 1. The van der Waals surface area contributed by atoms with Crippen LogP contribution in [0, 0.1) is 5.82 Å². The summed E-state index contributed by atoms with van der Waals surface area (Å²) < 4.78 is 50.5. The molecule has 10 heteroatoms. The first kappa shape index (κ1) is 26.6. The third kappa shape index (κ3) is 6.11. The number of halogens is 2. The smallest absolute Gasteiger partial charge is 0.307 e. The Morgan fingerprint density at radius 2 is 1.89 bits per heavy atom. The predicted molar refractivity (Wildman–Crippen MR) is 138 cm³/mol. The Hall–Kier alpha value is -3.43. The fourth-order valence-electron chi connectivity index (χ4n) is 4.10. The van der Waals surface area contributed by atoms with Crippen LogP contribution in [-0.4, -0.2) is 37.0 Å². The van der Waals surface area contributed by atoms with Crippen LogP contribution >= 0.6 is 11.6 Å². The average Bonchev–Trinajstić information content (AvgIpc) is 3.27. The van der Waals surface area contributed by atoms with Crippen molar-refractivity contribution in [3.05, 3.63) is 76.6 Å². The van der Waals surface area contributed by atoms with Crippen molar-refractivity contribution in [1.29, 1.82) is 0 Å². The minimum absolute atomic E-state index is 0.00219. The molecule has 0 atom stereocenters. The van der Waals surface area contributed by atoms with Crippen LogP contribution in [-0.2, 0) is 27.5 Å². The molecule has 4 rings (SSSR count). The summed E-state index contributed by atoms with van der Waals surface area (Å²) >= 11 is 6.13. The Balaban J connectivity index is 1.47. The summed E-state index contributed by atoms with van der Waals surface area (Å²) in [4.78, 5) is 10.8. The van der Waals surface area contributed by atoms with E-state index in [2.05, 4.69) is 5.16 Å². The number of hydrogen-bond acceptors (Lipinski definition) is 6. The van der Waals surface area contributed by atoms with Crippen molar-refractivity contribution in [3.8, 4) is 17.0 Å². The van der Waals surface area contributed by atoms with Crippen LogP contribution in [0.3, 0.4) is 0 Å². The highest BCUT2D eigenvalue weighted by Crippen LogP contribution is 2.35. The first-order valence-corrected chi connectivity index (χ1v) is 13.8. The maximum absolute atomic E-state index is 13.3. The van der Waals surface area contributed by atoms with Crippen molar-refractivity contribution in [2.45, 2.75) is 37.5 Å². The first-order chi connectivity index (χ1) is 17.7. The number of sulfone groups is 1. The van der Waals surface area contributed by atoms with Crippen molar-refractivity contribution in [1.82, 2.24) is 5.16 Å². The second-order valence-corrected chi connectivity index (χ2v) is 11.0. The topological polar surface area (TPSA) is 107 Å². The summed E-state index contributed by atoms with van der Waals surface area (Å²) in [5, 5.41) is 13.9. The first-order valence-electron chi connectivity index (χ1n) is 11.7. The number of nitrogens with zero attached hydrogens (tertiary/aromatic N) is 1. The largest absolute Gasteiger partial charge is 0.493 e. The number of aryl methyl sites for hydroxylation is 1. The maximum atomic E-state index is 13.3. The van der Waals surface area contributed by atoms with E-state index in [-0.39, 0.29) is 40.9 Å². The molecule has 7 nitrogen and oxygen atoms in total. The molecule has 0 bridgehead atoms. The van der Waals surface area contributed by atoms with E-state index in [1.54, 1.807) is 12.1 Å². The number of benzene rings is 3. The molecular formula is C27H25ClFNO6S. The summed E-state index contributed by atoms with van der Waals surface area (Å²) in [5.74, 6) is -0.961. The zero-order valence-corrected chi connectivity index (χ0v) is 21.6. The van der Waals surface area contributed by atoms with E-state index in [1.807, 2.05) is 19.1 Å². The monoisotopic (exact) mass is 545 g/mol. The van der Waals surface area contributed by atoms with E-state index >= 15 is 0 Å². The minimum atomic E-state index is -3.69. The molecule has 3 aromatic carbocycles. The third-order valence-corrected chi connectivity index (χ3v) is 8.10. The molecule has 1 N–H and O–H groups in total. The zero-order valence-electron chi connectivity index (χ0n) is 20.0. The van der Waals surface area contributed by atoms with Gasteiger partial charge in [-0.2, -0.15) is 0 Å². The number of carbonyl (C=O) groups is 1. The number of carboxylic acids is 1. The highest BCUT2D eigenvalue weighted by Gasteiger charge is 2.20. The highest BCUT2D eigenvalue weighted by atomic mass is 35.5. The van der Waals surface area contributed by atoms with Gasteiger partial charge in [0.1, 0.15) is 17.3 Å². The molecule has 0 aliphatic heterocycles. The minimum Gasteiger partial charge on any atom is -0.493 e. The summed E-state index contributed by atoms with van der Waals surface area (Å²) in [7, 11) is -3.69. The van der Waals surface area contributed by atoms with Gasteiger partial charge in [0.05, 0.1) is 34.1 Å². The van der Waals surface area contributed by atoms with Crippen LogP contribution in [0.4, 0.5) is 4.39 Å². The highest BCUT2D eigenvalue weighted by molar-refractivity contribution is 7.91. The molecule has 0 spiro atoms. The molecule has 0 radical (unpaired) electrons. The molecule has 0 aliphatic carbocycles. The second-order valence-electron chi connectivity index (χ2n) is 8.56. The summed E-state index contributed by atoms with van der Waals surface area (Å²) in [6.07, 6.45) is 1.47. The van der Waals surface area contributed by atoms with Gasteiger partial charge in [-0.05, 0) is 66.9 Å². The standard InChI is InChI=1S/C27H25ClFNO6S/c1-2-4-20-23(11-10-21-26(30-36-27(20)21)18-6-8-19(29)9-7-18)35-13-3-14-37(33,34)24-12-5-17(15-22(24)28)16-25(31)32/h5-12,15H,2-4,13-14,16H2,1H3,(H,31,32). The molecule has 1 aromatic heterocycles. The van der Waals surface area contributed by atoms with E-state index < -0.39 is 15.8 Å². The van der Waals surface area contributed by atoms with Crippen molar-refractivity contribution in [3.63, 3.8) is 0 Å². The quantitative estimate of drug-likeness (QED) is 0.227. The molecule has 0 aliphatic rings. The molecule has 0 fully saturated rings. The van der Waals surface area contributed by atoms with Gasteiger partial charge in [0, 0.05) is 11.1 Å². The van der Waals surface area contributed by atoms with Crippen LogP contribution in [0.1, 0.15) is 30.9 Å². The van der Waals surface area contributed by atoms with Gasteiger partial charge in [0.2, 0.25) is 0 Å². The molecule has 4 aromatic rings. The van der Waals surface area contributed by atoms with Gasteiger partial charge >= 0.3 is 5.97 Å². The van der Waals surface area contributed by atoms with Crippen LogP contribution < -0.4 is 4.74 Å². The summed E-state index contributed by atoms with van der Waals surface area (Å²) in [6, 6.07) is 13.8. The molecule has 0 unspecified atom stereocenters. The fourth-order valence-corrected chi connectivity index (χ4v) is 6.01. The number of hydrogen-bond donors (Lipinski definition) is 1. The molecule has 37 heavy (non-hydrogen) atoms. The maximum Gasteiger partial charge on any atom is 0.307 e. The molecule has 0 saturated carbocycles. The second kappa shape index (κ2) is 11.3. The van der Waals surface area contributed by atoms with Gasteiger partial charge in [0.15, 0.2) is 15.4 Å². The molecule has 194 valence electrons. The van der Waals surface area contributed by atoms with E-state index in [0.29, 0.717) is 29.0 Å². The lowest BCUT2D eigenvalue weighted by Gasteiger charge is -2.12. The lowest BCUT2D eigenvalue weighted by molar-refractivity contribution is -0.136. The average molecular weight is 546 g/mol. The number of ether oxygens (including phenoxy) is 1. The lowest BCUT2D eigenvalue weighted by Crippen LogP contribution is -2.12. The molecule has 0 amide bonds. The molecule has 0 saturated heterocycles. The Bertz CT molecular complexity index is 1530. The van der Waals surface area contributed by atoms with E-state index in [0.717, 1.165) is 22.9 Å². The van der Waals surface area contributed by atoms with Gasteiger partial charge < -0.3 is 14.4 Å². The summed E-state index contributed by atoms with van der Waals surface area (Å²) in [6.45, 7) is 2.17. The van der Waals surface area contributed by atoms with E-state index in [4.69, 9.17) is 26.0 Å². The Labute approximate surface area is 218 Å². The van der Waals surface area contributed by atoms with Gasteiger partial charge in [-0.15, -0.1) is 0 Å². The third-order valence-electron chi connectivity index (χ3n) is 5.82. The molecule has 1 heterocycles. The van der Waals surface area contributed by atoms with E-state index in [9.17, 15) is 17.6 Å². The fraction of sp³-hybridized carbons (Fsp3) is 0.259. The number of rotatable bonds is 11. The number of carboxylic acid groups (broad SMARTS) is 1. The normalized spacial score (nSPS) is 11.6. The van der Waals surface area contributed by atoms with Crippen molar-refractivity contribution >= 4 is 38.4 Å². The van der Waals surface area contributed by atoms with Gasteiger partial charge in [-0.3, -0.25) is 4.79 Å². The van der Waals surface area contributed by atoms with Gasteiger partial charge in [0.25, 0.3) is 0 Å². The molecular weight excluding hydrogens is 521 g/mol. The SMILES string of the molecule is CCCc1c(OCCCS(=O)(=O)c2ccc(CC(=O)O)cc2Cl)ccc2c(-c3ccc(F)cc3)noc12. The number of aromatic nitrogens is 1. The Kier molecular flexibility index (Phi) is 8.14. The van der Waals surface area contributed by atoms with Crippen LogP contribution in [0.15, 0.2) is 64.0 Å². The number of fused-ring (bicyclic) bond motifs is 1. The van der Waals surface area contributed by atoms with E-state index in [1.165, 1.54) is 30.3 Å². The van der Waals surface area contributed by atoms with Crippen LogP contribution in [0.2, 0.25) is 5.02 Å². The van der Waals surface area contributed by atoms with Crippen LogP contribution in [0.25, 0.3) is 22.2 Å². The van der Waals surface area contributed by atoms with Gasteiger partial charge in [-0.25, -0.2) is 12.8 Å². The zero-order chi connectivity index (χ0) is 26.6. The van der Waals surface area contributed by atoms with Gasteiger partial charge in [-0.1, -0.05) is 36.2 Å². The summed E-state index contributed by atoms with van der Waals surface area (Å²) in [5.41, 5.74) is 3.18. The Morgan fingerprint density at radius 1 is 1.14 bits per heavy atom.